The van der Waals surface area contributed by atoms with Gasteiger partial charge in [-0.3, -0.25) is 4.79 Å². The zero-order valence-corrected chi connectivity index (χ0v) is 7.71. The normalized spacial score (nSPS) is 21.1. The van der Waals surface area contributed by atoms with Crippen LogP contribution in [0.15, 0.2) is 32.2 Å². The number of fused-ring (bicyclic) bond motifs is 1. The molecule has 0 spiro atoms. The highest BCUT2D eigenvalue weighted by Gasteiger charge is 2.19. The second-order valence-corrected chi connectivity index (χ2v) is 3.50. The summed E-state index contributed by atoms with van der Waals surface area (Å²) in [4.78, 5) is 18.7. The van der Waals surface area contributed by atoms with E-state index in [4.69, 9.17) is 0 Å². The van der Waals surface area contributed by atoms with E-state index in [2.05, 4.69) is 25.9 Å². The number of carbonyl (C=O) groups is 1. The molecule has 0 saturated heterocycles. The van der Waals surface area contributed by atoms with E-state index < -0.39 is 0 Å². The number of hydrogen-bond acceptors (Lipinski definition) is 2. The van der Waals surface area contributed by atoms with Crippen molar-refractivity contribution in [1.29, 1.82) is 0 Å². The van der Waals surface area contributed by atoms with Crippen molar-refractivity contribution in [1.82, 2.24) is 0 Å². The molecule has 1 aliphatic heterocycles. The Balaban J connectivity index is 2.46. The molecule has 0 fully saturated rings. The molecule has 0 radical (unpaired) electrons. The smallest absolute Gasteiger partial charge is 0.267 e. The second-order valence-electron chi connectivity index (χ2n) is 2.48. The van der Waals surface area contributed by atoms with Crippen molar-refractivity contribution in [3.05, 3.63) is 22.2 Å². The van der Waals surface area contributed by atoms with Crippen molar-refractivity contribution in [2.24, 2.45) is 9.98 Å². The number of hydrogen-bond donors (Lipinski definition) is 0. The van der Waals surface area contributed by atoms with Crippen LogP contribution in [-0.4, -0.2) is 18.0 Å². The molecule has 2 aliphatic rings. The Morgan fingerprint density at radius 3 is 3.17 bits per heavy atom. The summed E-state index contributed by atoms with van der Waals surface area (Å²) < 4.78 is 1.04. The van der Waals surface area contributed by atoms with Crippen molar-refractivity contribution in [3.63, 3.8) is 0 Å². The molecular formula is C8H5BrN2O. The van der Waals surface area contributed by atoms with Gasteiger partial charge in [-0.05, 0) is 12.5 Å². The first kappa shape index (κ1) is 7.61. The Bertz CT molecular complexity index is 363. The fraction of sp³-hybridized carbons (Fsp3) is 0.125. The topological polar surface area (TPSA) is 41.8 Å². The van der Waals surface area contributed by atoms with Gasteiger partial charge in [-0.15, -0.1) is 0 Å². The molecule has 1 heterocycles. The average Bonchev–Trinajstić information content (AvgIpc) is 2.04. The summed E-state index contributed by atoms with van der Waals surface area (Å²) in [6.45, 7) is 0. The van der Waals surface area contributed by atoms with Crippen LogP contribution in [0.4, 0.5) is 0 Å². The Labute approximate surface area is 77.7 Å². The van der Waals surface area contributed by atoms with Gasteiger partial charge in [0.1, 0.15) is 6.34 Å². The SMILES string of the molecule is O=C1N=CN=C2C=C(Br)CC=C12. The van der Waals surface area contributed by atoms with Gasteiger partial charge < -0.3 is 0 Å². The first-order chi connectivity index (χ1) is 5.77. The van der Waals surface area contributed by atoms with Crippen molar-refractivity contribution in [3.8, 4) is 0 Å². The highest BCUT2D eigenvalue weighted by atomic mass is 79.9. The summed E-state index contributed by atoms with van der Waals surface area (Å²) in [6.07, 6.45) is 5.72. The fourth-order valence-corrected chi connectivity index (χ4v) is 1.48. The van der Waals surface area contributed by atoms with Gasteiger partial charge in [-0.25, -0.2) is 4.99 Å². The van der Waals surface area contributed by atoms with Crippen LogP contribution in [-0.2, 0) is 4.79 Å². The van der Waals surface area contributed by atoms with E-state index in [0.29, 0.717) is 11.3 Å². The number of amides is 1. The lowest BCUT2D eigenvalue weighted by Crippen LogP contribution is -2.16. The van der Waals surface area contributed by atoms with Crippen LogP contribution in [0.2, 0.25) is 0 Å². The molecule has 0 atom stereocenters. The van der Waals surface area contributed by atoms with Gasteiger partial charge in [0.2, 0.25) is 0 Å². The van der Waals surface area contributed by atoms with Gasteiger partial charge >= 0.3 is 0 Å². The zero-order valence-electron chi connectivity index (χ0n) is 6.12. The van der Waals surface area contributed by atoms with E-state index in [1.165, 1.54) is 6.34 Å². The molecule has 12 heavy (non-hydrogen) atoms. The molecule has 0 unspecified atom stereocenters. The minimum atomic E-state index is -0.198. The fourth-order valence-electron chi connectivity index (χ4n) is 1.11. The summed E-state index contributed by atoms with van der Waals surface area (Å²) >= 11 is 3.35. The van der Waals surface area contributed by atoms with Gasteiger partial charge in [0.15, 0.2) is 0 Å². The van der Waals surface area contributed by atoms with Crippen molar-refractivity contribution in [2.45, 2.75) is 6.42 Å². The van der Waals surface area contributed by atoms with Crippen molar-refractivity contribution >= 4 is 33.9 Å². The highest BCUT2D eigenvalue weighted by Crippen LogP contribution is 2.21. The Morgan fingerprint density at radius 1 is 1.50 bits per heavy atom. The van der Waals surface area contributed by atoms with Crippen LogP contribution in [0.1, 0.15) is 6.42 Å². The van der Waals surface area contributed by atoms with Crippen LogP contribution in [0.3, 0.4) is 0 Å². The summed E-state index contributed by atoms with van der Waals surface area (Å²) in [5.74, 6) is -0.198. The van der Waals surface area contributed by atoms with E-state index in [1.807, 2.05) is 12.2 Å². The Morgan fingerprint density at radius 2 is 2.33 bits per heavy atom. The summed E-state index contributed by atoms with van der Waals surface area (Å²) in [6, 6.07) is 0. The first-order valence-electron chi connectivity index (χ1n) is 3.48. The monoisotopic (exact) mass is 224 g/mol. The number of rotatable bonds is 0. The maximum Gasteiger partial charge on any atom is 0.280 e. The molecule has 0 bridgehead atoms. The van der Waals surface area contributed by atoms with Gasteiger partial charge in [0.25, 0.3) is 5.91 Å². The summed E-state index contributed by atoms with van der Waals surface area (Å²) in [7, 11) is 0. The van der Waals surface area contributed by atoms with E-state index in [0.717, 1.165) is 10.9 Å². The Kier molecular flexibility index (Phi) is 1.77. The third kappa shape index (κ3) is 1.18. The summed E-state index contributed by atoms with van der Waals surface area (Å²) in [5.41, 5.74) is 1.31. The standard InChI is InChI=1S/C8H5BrN2O/c9-5-1-2-6-7(3-5)10-4-11-8(6)12/h2-4H,1H2. The van der Waals surface area contributed by atoms with E-state index in [-0.39, 0.29) is 5.91 Å². The minimum Gasteiger partial charge on any atom is -0.267 e. The number of halogens is 1. The Hall–Kier alpha value is -1.03. The molecular weight excluding hydrogens is 220 g/mol. The van der Waals surface area contributed by atoms with Crippen LogP contribution < -0.4 is 0 Å². The van der Waals surface area contributed by atoms with Crippen LogP contribution >= 0.6 is 15.9 Å². The average molecular weight is 225 g/mol. The lowest BCUT2D eigenvalue weighted by Gasteiger charge is -2.11. The maximum absolute atomic E-state index is 11.1. The molecule has 60 valence electrons. The molecule has 0 N–H and O–H groups in total. The predicted molar refractivity (Wildman–Crippen MR) is 50.6 cm³/mol. The largest absolute Gasteiger partial charge is 0.280 e. The maximum atomic E-state index is 11.1. The van der Waals surface area contributed by atoms with Gasteiger partial charge in [0.05, 0.1) is 11.3 Å². The first-order valence-corrected chi connectivity index (χ1v) is 4.28. The molecule has 1 aliphatic carbocycles. The predicted octanol–water partition coefficient (Wildman–Crippen LogP) is 1.60. The lowest BCUT2D eigenvalue weighted by atomic mass is 10.0. The van der Waals surface area contributed by atoms with Gasteiger partial charge in [-0.1, -0.05) is 22.0 Å². The number of allylic oxidation sites excluding steroid dienone is 3. The van der Waals surface area contributed by atoms with Crippen LogP contribution in [0, 0.1) is 0 Å². The van der Waals surface area contributed by atoms with E-state index in [1.54, 1.807) is 0 Å². The molecule has 1 amide bonds. The lowest BCUT2D eigenvalue weighted by molar-refractivity contribution is -0.113. The number of aliphatic imine (C=N–C) groups is 2. The van der Waals surface area contributed by atoms with E-state index in [9.17, 15) is 4.79 Å². The van der Waals surface area contributed by atoms with E-state index >= 15 is 0 Å². The van der Waals surface area contributed by atoms with Gasteiger partial charge in [0, 0.05) is 4.48 Å². The quantitative estimate of drug-likeness (QED) is 0.617. The van der Waals surface area contributed by atoms with Crippen LogP contribution in [0.5, 0.6) is 0 Å². The molecule has 3 nitrogen and oxygen atoms in total. The number of carbonyl (C=O) groups excluding carboxylic acids is 1. The van der Waals surface area contributed by atoms with Crippen molar-refractivity contribution < 1.29 is 4.79 Å². The zero-order chi connectivity index (χ0) is 8.55. The summed E-state index contributed by atoms with van der Waals surface area (Å²) in [5, 5.41) is 0. The molecule has 0 aromatic rings. The molecule has 0 saturated carbocycles. The molecule has 4 heteroatoms. The highest BCUT2D eigenvalue weighted by molar-refractivity contribution is 9.11. The second kappa shape index (κ2) is 2.79. The van der Waals surface area contributed by atoms with Crippen molar-refractivity contribution in [2.75, 3.05) is 0 Å². The number of nitrogens with zero attached hydrogens (tertiary/aromatic N) is 2. The van der Waals surface area contributed by atoms with Gasteiger partial charge in [-0.2, -0.15) is 4.99 Å². The molecule has 2 rings (SSSR count). The molecule has 0 aromatic carbocycles. The minimum absolute atomic E-state index is 0.198. The van der Waals surface area contributed by atoms with Crippen LogP contribution in [0.25, 0.3) is 0 Å². The molecule has 0 aromatic heterocycles. The third-order valence-electron chi connectivity index (χ3n) is 1.67. The third-order valence-corrected chi connectivity index (χ3v) is 2.23.